The molecule has 1 aromatic carbocycles. The van der Waals surface area contributed by atoms with Gasteiger partial charge in [0.15, 0.2) is 0 Å². The Morgan fingerprint density at radius 1 is 0.929 bits per heavy atom. The van der Waals surface area contributed by atoms with Crippen LogP contribution in [0.3, 0.4) is 0 Å². The van der Waals surface area contributed by atoms with Crippen molar-refractivity contribution in [1.29, 1.82) is 0 Å². The van der Waals surface area contributed by atoms with Crippen LogP contribution in [0.15, 0.2) is 24.3 Å². The fourth-order valence-corrected chi connectivity index (χ4v) is 4.18. The van der Waals surface area contributed by atoms with Crippen molar-refractivity contribution >= 4 is 23.6 Å². The lowest BCUT2D eigenvalue weighted by molar-refractivity contribution is -0.132. The highest BCUT2D eigenvalue weighted by molar-refractivity contribution is 8.00. The van der Waals surface area contributed by atoms with Gasteiger partial charge in [-0.25, -0.2) is 0 Å². The largest absolute Gasteiger partial charge is 0.497 e. The van der Waals surface area contributed by atoms with Crippen LogP contribution in [0, 0.1) is 0 Å². The Balaban J connectivity index is 1.33. The molecule has 0 unspecified atom stereocenters. The standard InChI is InChI=1S/C20H29N3O4S/c1-26-18-4-2-17(3-5-18)14-21-6-8-22(9-7-21)19(24)15-28-16-20(25)23-10-12-27-13-11-23/h2-5H,6-16H2,1H3. The first-order chi connectivity index (χ1) is 13.7. The molecule has 154 valence electrons. The number of rotatable bonds is 7. The Morgan fingerprint density at radius 2 is 1.50 bits per heavy atom. The van der Waals surface area contributed by atoms with Crippen LogP contribution < -0.4 is 4.74 Å². The maximum atomic E-state index is 12.4. The second-order valence-electron chi connectivity index (χ2n) is 6.99. The van der Waals surface area contributed by atoms with Crippen molar-refractivity contribution in [2.24, 2.45) is 0 Å². The topological polar surface area (TPSA) is 62.3 Å². The number of amides is 2. The number of carbonyl (C=O) groups excluding carboxylic acids is 2. The van der Waals surface area contributed by atoms with E-state index in [1.54, 1.807) is 7.11 Å². The van der Waals surface area contributed by atoms with Crippen LogP contribution in [0.25, 0.3) is 0 Å². The van der Waals surface area contributed by atoms with Crippen molar-refractivity contribution in [3.8, 4) is 5.75 Å². The van der Waals surface area contributed by atoms with Crippen molar-refractivity contribution in [3.05, 3.63) is 29.8 Å². The molecule has 0 saturated carbocycles. The van der Waals surface area contributed by atoms with E-state index in [0.717, 1.165) is 38.5 Å². The van der Waals surface area contributed by atoms with Crippen molar-refractivity contribution in [2.45, 2.75) is 6.54 Å². The van der Waals surface area contributed by atoms with Crippen LogP contribution >= 0.6 is 11.8 Å². The molecular weight excluding hydrogens is 378 g/mol. The Labute approximate surface area is 170 Å². The average Bonchev–Trinajstić information content (AvgIpc) is 2.75. The quantitative estimate of drug-likeness (QED) is 0.670. The number of morpholine rings is 1. The van der Waals surface area contributed by atoms with Crippen molar-refractivity contribution in [2.75, 3.05) is 71.1 Å². The molecule has 7 nitrogen and oxygen atoms in total. The van der Waals surface area contributed by atoms with Crippen molar-refractivity contribution in [3.63, 3.8) is 0 Å². The van der Waals surface area contributed by atoms with E-state index < -0.39 is 0 Å². The van der Waals surface area contributed by atoms with Gasteiger partial charge < -0.3 is 19.3 Å². The number of methoxy groups -OCH3 is 1. The molecule has 3 rings (SSSR count). The second-order valence-corrected chi connectivity index (χ2v) is 7.98. The molecule has 2 aliphatic rings. The van der Waals surface area contributed by atoms with Crippen LogP contribution in [0.4, 0.5) is 0 Å². The molecule has 2 saturated heterocycles. The molecule has 2 heterocycles. The predicted octanol–water partition coefficient (Wildman–Crippen LogP) is 0.931. The van der Waals surface area contributed by atoms with Crippen LogP contribution in [0.5, 0.6) is 5.75 Å². The van der Waals surface area contributed by atoms with Crippen LogP contribution in [-0.4, -0.2) is 97.6 Å². The van der Waals surface area contributed by atoms with Gasteiger partial charge in [-0.2, -0.15) is 0 Å². The third kappa shape index (κ3) is 6.12. The lowest BCUT2D eigenvalue weighted by Crippen LogP contribution is -2.49. The maximum absolute atomic E-state index is 12.4. The molecule has 1 aromatic rings. The van der Waals surface area contributed by atoms with E-state index in [2.05, 4.69) is 17.0 Å². The number of hydrogen-bond donors (Lipinski definition) is 0. The maximum Gasteiger partial charge on any atom is 0.232 e. The molecule has 0 radical (unpaired) electrons. The van der Waals surface area contributed by atoms with Crippen LogP contribution in [-0.2, 0) is 20.9 Å². The summed E-state index contributed by atoms with van der Waals surface area (Å²) < 4.78 is 10.4. The lowest BCUT2D eigenvalue weighted by atomic mass is 10.2. The van der Waals surface area contributed by atoms with Gasteiger partial charge in [0.05, 0.1) is 31.8 Å². The predicted molar refractivity (Wildman–Crippen MR) is 110 cm³/mol. The molecule has 0 atom stereocenters. The third-order valence-electron chi connectivity index (χ3n) is 5.11. The monoisotopic (exact) mass is 407 g/mol. The minimum atomic E-state index is 0.102. The summed E-state index contributed by atoms with van der Waals surface area (Å²) in [6.45, 7) is 6.64. The second kappa shape index (κ2) is 10.7. The van der Waals surface area contributed by atoms with Gasteiger partial charge in [-0.15, -0.1) is 11.8 Å². The van der Waals surface area contributed by atoms with Gasteiger partial charge in [0.2, 0.25) is 11.8 Å². The Morgan fingerprint density at radius 3 is 2.07 bits per heavy atom. The summed E-state index contributed by atoms with van der Waals surface area (Å²) >= 11 is 1.41. The van der Waals surface area contributed by atoms with Crippen molar-refractivity contribution < 1.29 is 19.1 Å². The van der Waals surface area contributed by atoms with Gasteiger partial charge in [0.25, 0.3) is 0 Å². The summed E-state index contributed by atoms with van der Waals surface area (Å²) in [4.78, 5) is 30.6. The molecule has 2 amide bonds. The van der Waals surface area contributed by atoms with Gasteiger partial charge >= 0.3 is 0 Å². The van der Waals surface area contributed by atoms with Gasteiger partial charge in [0.1, 0.15) is 5.75 Å². The summed E-state index contributed by atoms with van der Waals surface area (Å²) in [5.41, 5.74) is 1.25. The summed E-state index contributed by atoms with van der Waals surface area (Å²) in [5.74, 6) is 1.83. The first kappa shape index (κ1) is 21.0. The fraction of sp³-hybridized carbons (Fsp3) is 0.600. The molecule has 0 bridgehead atoms. The fourth-order valence-electron chi connectivity index (χ4n) is 3.37. The molecule has 0 aliphatic carbocycles. The van der Waals surface area contributed by atoms with E-state index in [4.69, 9.17) is 9.47 Å². The summed E-state index contributed by atoms with van der Waals surface area (Å²) in [6.07, 6.45) is 0. The zero-order valence-electron chi connectivity index (χ0n) is 16.5. The van der Waals surface area contributed by atoms with Gasteiger partial charge in [-0.05, 0) is 17.7 Å². The molecule has 2 aliphatic heterocycles. The Hall–Kier alpha value is -1.77. The van der Waals surface area contributed by atoms with Gasteiger partial charge in [0, 0.05) is 45.8 Å². The zero-order chi connectivity index (χ0) is 19.8. The normalized spacial score (nSPS) is 18.2. The highest BCUT2D eigenvalue weighted by atomic mass is 32.2. The molecule has 2 fully saturated rings. The van der Waals surface area contributed by atoms with Gasteiger partial charge in [-0.3, -0.25) is 14.5 Å². The molecule has 0 aromatic heterocycles. The zero-order valence-corrected chi connectivity index (χ0v) is 17.3. The highest BCUT2D eigenvalue weighted by Crippen LogP contribution is 2.15. The van der Waals surface area contributed by atoms with Crippen LogP contribution in [0.2, 0.25) is 0 Å². The number of carbonyl (C=O) groups is 2. The number of nitrogens with zero attached hydrogens (tertiary/aromatic N) is 3. The van der Waals surface area contributed by atoms with E-state index in [0.29, 0.717) is 37.8 Å². The summed E-state index contributed by atoms with van der Waals surface area (Å²) in [7, 11) is 1.67. The van der Waals surface area contributed by atoms with E-state index in [9.17, 15) is 9.59 Å². The minimum Gasteiger partial charge on any atom is -0.497 e. The van der Waals surface area contributed by atoms with E-state index in [1.165, 1.54) is 17.3 Å². The highest BCUT2D eigenvalue weighted by Gasteiger charge is 2.22. The van der Waals surface area contributed by atoms with Crippen molar-refractivity contribution in [1.82, 2.24) is 14.7 Å². The minimum absolute atomic E-state index is 0.102. The third-order valence-corrected chi connectivity index (χ3v) is 6.01. The summed E-state index contributed by atoms with van der Waals surface area (Å²) in [5, 5.41) is 0. The number of ether oxygens (including phenoxy) is 2. The van der Waals surface area contributed by atoms with Crippen LogP contribution in [0.1, 0.15) is 5.56 Å². The van der Waals surface area contributed by atoms with E-state index in [-0.39, 0.29) is 11.8 Å². The SMILES string of the molecule is COc1ccc(CN2CCN(C(=O)CSCC(=O)N3CCOCC3)CC2)cc1. The average molecular weight is 408 g/mol. The van der Waals surface area contributed by atoms with Gasteiger partial charge in [-0.1, -0.05) is 12.1 Å². The number of hydrogen-bond acceptors (Lipinski definition) is 6. The van der Waals surface area contributed by atoms with E-state index >= 15 is 0 Å². The number of thioether (sulfide) groups is 1. The Kier molecular flexibility index (Phi) is 8.00. The van der Waals surface area contributed by atoms with E-state index in [1.807, 2.05) is 21.9 Å². The first-order valence-corrected chi connectivity index (χ1v) is 10.9. The molecule has 8 heteroatoms. The smallest absolute Gasteiger partial charge is 0.232 e. The Bertz CT molecular complexity index is 641. The number of benzene rings is 1. The summed E-state index contributed by atoms with van der Waals surface area (Å²) in [6, 6.07) is 8.12. The molecule has 28 heavy (non-hydrogen) atoms. The first-order valence-electron chi connectivity index (χ1n) is 9.72. The molecule has 0 N–H and O–H groups in total. The molecular formula is C20H29N3O4S. The lowest BCUT2D eigenvalue weighted by Gasteiger charge is -2.34. The molecule has 0 spiro atoms. The number of piperazine rings is 1.